The van der Waals surface area contributed by atoms with Crippen molar-refractivity contribution in [2.45, 2.75) is 59.3 Å². The topological polar surface area (TPSA) is 46.3 Å². The van der Waals surface area contributed by atoms with E-state index >= 15 is 0 Å². The average molecular weight is 280 g/mol. The molecule has 1 saturated heterocycles. The van der Waals surface area contributed by atoms with Crippen LogP contribution in [0.4, 0.5) is 0 Å². The van der Waals surface area contributed by atoms with Gasteiger partial charge in [-0.1, -0.05) is 33.6 Å². The van der Waals surface area contributed by atoms with Crippen LogP contribution in [0.3, 0.4) is 0 Å². The Morgan fingerprint density at radius 1 is 1.35 bits per heavy atom. The second kappa shape index (κ2) is 6.46. The lowest BCUT2D eigenvalue weighted by atomic mass is 9.76. The summed E-state index contributed by atoms with van der Waals surface area (Å²) in [5.74, 6) is 2.19. The van der Waals surface area contributed by atoms with Gasteiger partial charge in [0.05, 0.1) is 0 Å². The van der Waals surface area contributed by atoms with Gasteiger partial charge in [0.2, 0.25) is 5.91 Å². The second-order valence-corrected chi connectivity index (χ2v) is 7.60. The van der Waals surface area contributed by atoms with Crippen LogP contribution in [-0.2, 0) is 4.79 Å². The summed E-state index contributed by atoms with van der Waals surface area (Å²) in [5, 5.41) is 0. The van der Waals surface area contributed by atoms with Gasteiger partial charge in [-0.2, -0.15) is 0 Å². The maximum absolute atomic E-state index is 13.1. The first-order valence-electron chi connectivity index (χ1n) is 8.48. The molecule has 3 nitrogen and oxygen atoms in total. The monoisotopic (exact) mass is 280 g/mol. The van der Waals surface area contributed by atoms with Crippen molar-refractivity contribution in [1.82, 2.24) is 4.90 Å². The van der Waals surface area contributed by atoms with Crippen molar-refractivity contribution in [3.05, 3.63) is 0 Å². The van der Waals surface area contributed by atoms with Crippen molar-refractivity contribution < 1.29 is 4.79 Å². The average Bonchev–Trinajstić information content (AvgIpc) is 2.87. The number of nitrogens with two attached hydrogens (primary N) is 1. The van der Waals surface area contributed by atoms with E-state index < -0.39 is 0 Å². The highest BCUT2D eigenvalue weighted by Crippen LogP contribution is 2.45. The molecular weight excluding hydrogens is 248 g/mol. The Bertz CT molecular complexity index is 334. The fraction of sp³-hybridized carbons (Fsp3) is 0.941. The molecule has 0 aromatic heterocycles. The highest BCUT2D eigenvalue weighted by atomic mass is 16.2. The fourth-order valence-electron chi connectivity index (χ4n) is 4.31. The summed E-state index contributed by atoms with van der Waals surface area (Å²) in [7, 11) is 0. The Kier molecular flexibility index (Phi) is 5.11. The molecule has 2 atom stereocenters. The molecule has 116 valence electrons. The van der Waals surface area contributed by atoms with Crippen molar-refractivity contribution in [1.29, 1.82) is 0 Å². The molecule has 2 fully saturated rings. The van der Waals surface area contributed by atoms with Crippen LogP contribution >= 0.6 is 0 Å². The van der Waals surface area contributed by atoms with Gasteiger partial charge in [0.15, 0.2) is 0 Å². The van der Waals surface area contributed by atoms with Gasteiger partial charge in [-0.05, 0) is 50.0 Å². The standard InChI is InChI=1S/C17H32N2O/c1-13(2)10-17(7-4-5-8-17)16(20)19-9-6-14(3)15(11-18)12-19/h13-15H,4-12,18H2,1-3H3. The van der Waals surface area contributed by atoms with Crippen LogP contribution in [0.2, 0.25) is 0 Å². The van der Waals surface area contributed by atoms with Crippen LogP contribution in [0, 0.1) is 23.2 Å². The smallest absolute Gasteiger partial charge is 0.228 e. The van der Waals surface area contributed by atoms with Crippen molar-refractivity contribution >= 4 is 5.91 Å². The molecule has 0 radical (unpaired) electrons. The zero-order valence-electron chi connectivity index (χ0n) is 13.5. The Hall–Kier alpha value is -0.570. The van der Waals surface area contributed by atoms with Gasteiger partial charge in [-0.25, -0.2) is 0 Å². The number of amides is 1. The molecule has 0 aromatic rings. The molecule has 2 unspecified atom stereocenters. The van der Waals surface area contributed by atoms with E-state index in [1.54, 1.807) is 0 Å². The van der Waals surface area contributed by atoms with E-state index in [1.165, 1.54) is 12.8 Å². The lowest BCUT2D eigenvalue weighted by Gasteiger charge is -2.42. The third kappa shape index (κ3) is 3.19. The van der Waals surface area contributed by atoms with Crippen LogP contribution in [-0.4, -0.2) is 30.4 Å². The molecule has 1 aliphatic heterocycles. The largest absolute Gasteiger partial charge is 0.342 e. The van der Waals surface area contributed by atoms with Crippen molar-refractivity contribution in [2.24, 2.45) is 28.9 Å². The molecule has 1 heterocycles. The van der Waals surface area contributed by atoms with Gasteiger partial charge in [-0.15, -0.1) is 0 Å². The molecular formula is C17H32N2O. The number of likely N-dealkylation sites (tertiary alicyclic amines) is 1. The van der Waals surface area contributed by atoms with Crippen LogP contribution in [0.25, 0.3) is 0 Å². The van der Waals surface area contributed by atoms with E-state index in [-0.39, 0.29) is 5.41 Å². The zero-order valence-corrected chi connectivity index (χ0v) is 13.5. The Balaban J connectivity index is 2.08. The summed E-state index contributed by atoms with van der Waals surface area (Å²) in [6.07, 6.45) is 6.83. The number of carbonyl (C=O) groups excluding carboxylic acids is 1. The summed E-state index contributed by atoms with van der Waals surface area (Å²) >= 11 is 0. The molecule has 3 heteroatoms. The minimum atomic E-state index is -0.0477. The first-order chi connectivity index (χ1) is 9.48. The zero-order chi connectivity index (χ0) is 14.8. The molecule has 0 bridgehead atoms. The molecule has 0 aromatic carbocycles. The van der Waals surface area contributed by atoms with Crippen molar-refractivity contribution in [2.75, 3.05) is 19.6 Å². The van der Waals surface area contributed by atoms with Crippen molar-refractivity contribution in [3.63, 3.8) is 0 Å². The summed E-state index contributed by atoms with van der Waals surface area (Å²) < 4.78 is 0. The molecule has 1 amide bonds. The maximum Gasteiger partial charge on any atom is 0.228 e. The normalized spacial score (nSPS) is 29.9. The third-order valence-electron chi connectivity index (χ3n) is 5.52. The molecule has 1 aliphatic carbocycles. The molecule has 2 rings (SSSR count). The summed E-state index contributed by atoms with van der Waals surface area (Å²) in [6, 6.07) is 0. The van der Waals surface area contributed by atoms with Gasteiger partial charge in [0.25, 0.3) is 0 Å². The van der Waals surface area contributed by atoms with E-state index in [1.807, 2.05) is 0 Å². The van der Waals surface area contributed by atoms with Crippen LogP contribution in [0.5, 0.6) is 0 Å². The number of carbonyl (C=O) groups is 1. The summed E-state index contributed by atoms with van der Waals surface area (Å²) in [4.78, 5) is 15.3. The SMILES string of the molecule is CC(C)CC1(C(=O)N2CCC(C)C(CN)C2)CCCC1. The van der Waals surface area contributed by atoms with Crippen LogP contribution in [0.15, 0.2) is 0 Å². The summed E-state index contributed by atoms with van der Waals surface area (Å²) in [6.45, 7) is 9.30. The van der Waals surface area contributed by atoms with Crippen LogP contribution < -0.4 is 5.73 Å². The highest BCUT2D eigenvalue weighted by Gasteiger charge is 2.44. The van der Waals surface area contributed by atoms with Gasteiger partial charge in [0.1, 0.15) is 0 Å². The van der Waals surface area contributed by atoms with Gasteiger partial charge in [-0.3, -0.25) is 4.79 Å². The van der Waals surface area contributed by atoms with Crippen LogP contribution in [0.1, 0.15) is 59.3 Å². The first-order valence-corrected chi connectivity index (χ1v) is 8.48. The van der Waals surface area contributed by atoms with Gasteiger partial charge < -0.3 is 10.6 Å². The lowest BCUT2D eigenvalue weighted by molar-refractivity contribution is -0.145. The number of rotatable bonds is 4. The van der Waals surface area contributed by atoms with Gasteiger partial charge >= 0.3 is 0 Å². The maximum atomic E-state index is 13.1. The Morgan fingerprint density at radius 2 is 2.00 bits per heavy atom. The van der Waals surface area contributed by atoms with Crippen molar-refractivity contribution in [3.8, 4) is 0 Å². The summed E-state index contributed by atoms with van der Waals surface area (Å²) in [5.41, 5.74) is 5.84. The van der Waals surface area contributed by atoms with E-state index in [2.05, 4.69) is 25.7 Å². The predicted octanol–water partition coefficient (Wildman–Crippen LogP) is 3.04. The van der Waals surface area contributed by atoms with E-state index in [9.17, 15) is 4.79 Å². The number of nitrogens with zero attached hydrogens (tertiary/aromatic N) is 1. The quantitative estimate of drug-likeness (QED) is 0.860. The molecule has 20 heavy (non-hydrogen) atoms. The van der Waals surface area contributed by atoms with E-state index in [0.29, 0.717) is 30.2 Å². The minimum absolute atomic E-state index is 0.0477. The highest BCUT2D eigenvalue weighted by molar-refractivity contribution is 5.83. The Labute approximate surface area is 124 Å². The number of piperidine rings is 1. The lowest BCUT2D eigenvalue weighted by Crippen LogP contribution is -2.50. The number of hydrogen-bond donors (Lipinski definition) is 1. The number of hydrogen-bond acceptors (Lipinski definition) is 2. The predicted molar refractivity (Wildman–Crippen MR) is 83.3 cm³/mol. The molecule has 0 spiro atoms. The van der Waals surface area contributed by atoms with E-state index in [4.69, 9.17) is 5.73 Å². The first kappa shape index (κ1) is 15.8. The molecule has 2 N–H and O–H groups in total. The second-order valence-electron chi connectivity index (χ2n) is 7.60. The van der Waals surface area contributed by atoms with E-state index in [0.717, 1.165) is 38.8 Å². The molecule has 1 saturated carbocycles. The Morgan fingerprint density at radius 3 is 2.55 bits per heavy atom. The minimum Gasteiger partial charge on any atom is -0.342 e. The third-order valence-corrected chi connectivity index (χ3v) is 5.52. The van der Waals surface area contributed by atoms with Gasteiger partial charge in [0, 0.05) is 18.5 Å². The fourth-order valence-corrected chi connectivity index (χ4v) is 4.31. The molecule has 2 aliphatic rings.